The molecule has 8 heteroatoms. The number of fused-ring (bicyclic) bond motifs is 2. The van der Waals surface area contributed by atoms with E-state index < -0.39 is 17.7 Å². The van der Waals surface area contributed by atoms with Crippen LogP contribution in [0.3, 0.4) is 0 Å². The number of carbonyl (C=O) groups is 1. The average Bonchev–Trinajstić information content (AvgIpc) is 2.92. The number of rotatable bonds is 3. The second-order valence-corrected chi connectivity index (χ2v) is 7.33. The van der Waals surface area contributed by atoms with Gasteiger partial charge in [-0.15, -0.1) is 0 Å². The number of carboxylic acid groups (broad SMARTS) is 1. The standard InChI is InChI=1S/C22H22F2N2O4/c1-3-13-5-4-6-17(29-2)18(13)19-16(23)9-14-10-25-7-8-26(22(27)28)11-15(25)12-30-21(14)20(19)24/h3-6,9,15H,1,7-8,10-12H2,2H3,(H,27,28)/t15-/m1/s1. The fraction of sp³-hybridized carbons (Fsp3) is 0.318. The zero-order valence-corrected chi connectivity index (χ0v) is 16.5. The highest BCUT2D eigenvalue weighted by Crippen LogP contribution is 2.42. The maximum atomic E-state index is 15.6. The van der Waals surface area contributed by atoms with Gasteiger partial charge in [0.1, 0.15) is 18.2 Å². The Labute approximate surface area is 172 Å². The van der Waals surface area contributed by atoms with Gasteiger partial charge in [-0.3, -0.25) is 4.90 Å². The number of piperazine rings is 1. The molecule has 4 rings (SSSR count). The lowest BCUT2D eigenvalue weighted by atomic mass is 9.95. The third-order valence-corrected chi connectivity index (χ3v) is 5.67. The second-order valence-electron chi connectivity index (χ2n) is 7.33. The summed E-state index contributed by atoms with van der Waals surface area (Å²) >= 11 is 0. The maximum absolute atomic E-state index is 15.6. The number of nitrogens with zero attached hydrogens (tertiary/aromatic N) is 2. The van der Waals surface area contributed by atoms with E-state index in [2.05, 4.69) is 6.58 Å². The van der Waals surface area contributed by atoms with Gasteiger partial charge in [0.2, 0.25) is 0 Å². The molecule has 0 bridgehead atoms. The third kappa shape index (κ3) is 3.37. The van der Waals surface area contributed by atoms with Crippen LogP contribution in [0, 0.1) is 11.6 Å². The molecule has 1 saturated heterocycles. The molecule has 0 unspecified atom stereocenters. The molecule has 0 aromatic heterocycles. The van der Waals surface area contributed by atoms with Crippen LogP contribution < -0.4 is 9.47 Å². The molecular weight excluding hydrogens is 394 g/mol. The van der Waals surface area contributed by atoms with E-state index in [1.807, 2.05) is 4.90 Å². The van der Waals surface area contributed by atoms with Crippen molar-refractivity contribution in [3.05, 3.63) is 53.6 Å². The fourth-order valence-corrected chi connectivity index (χ4v) is 4.14. The van der Waals surface area contributed by atoms with Crippen molar-refractivity contribution in [2.75, 3.05) is 33.4 Å². The Morgan fingerprint density at radius 2 is 2.13 bits per heavy atom. The number of methoxy groups -OCH3 is 1. The largest absolute Gasteiger partial charge is 0.496 e. The van der Waals surface area contributed by atoms with E-state index in [0.29, 0.717) is 30.0 Å². The highest BCUT2D eigenvalue weighted by atomic mass is 19.1. The van der Waals surface area contributed by atoms with Crippen molar-refractivity contribution in [2.45, 2.75) is 12.6 Å². The monoisotopic (exact) mass is 416 g/mol. The highest BCUT2D eigenvalue weighted by Gasteiger charge is 2.35. The predicted octanol–water partition coefficient (Wildman–Crippen LogP) is 3.84. The molecule has 2 aliphatic heterocycles. The highest BCUT2D eigenvalue weighted by molar-refractivity contribution is 5.82. The summed E-state index contributed by atoms with van der Waals surface area (Å²) in [6, 6.07) is 6.12. The topological polar surface area (TPSA) is 62.2 Å². The van der Waals surface area contributed by atoms with Gasteiger partial charge < -0.3 is 19.5 Å². The van der Waals surface area contributed by atoms with Crippen molar-refractivity contribution in [3.63, 3.8) is 0 Å². The molecule has 2 heterocycles. The Hall–Kier alpha value is -3.13. The first-order valence-corrected chi connectivity index (χ1v) is 9.60. The Kier molecular flexibility index (Phi) is 5.34. The molecule has 0 saturated carbocycles. The summed E-state index contributed by atoms with van der Waals surface area (Å²) in [6.07, 6.45) is 0.522. The molecule has 1 atom stereocenters. The Morgan fingerprint density at radius 3 is 2.83 bits per heavy atom. The molecule has 0 spiro atoms. The Morgan fingerprint density at radius 1 is 1.33 bits per heavy atom. The number of amides is 1. The first kappa shape index (κ1) is 20.2. The van der Waals surface area contributed by atoms with Gasteiger partial charge in [-0.2, -0.15) is 0 Å². The molecule has 0 radical (unpaired) electrons. The number of hydrogen-bond donors (Lipinski definition) is 1. The van der Waals surface area contributed by atoms with Crippen LogP contribution in [0.1, 0.15) is 11.1 Å². The summed E-state index contributed by atoms with van der Waals surface area (Å²) in [4.78, 5) is 14.6. The lowest BCUT2D eigenvalue weighted by Crippen LogP contribution is -2.55. The SMILES string of the molecule is C=Cc1cccc(OC)c1-c1c(F)cc2c(c1F)OC[C@H]1CN(C(=O)O)CCN1C2. The quantitative estimate of drug-likeness (QED) is 0.824. The summed E-state index contributed by atoms with van der Waals surface area (Å²) in [5.41, 5.74) is 0.980. The number of halogens is 2. The van der Waals surface area contributed by atoms with Gasteiger partial charge in [0.15, 0.2) is 11.6 Å². The molecule has 2 aromatic carbocycles. The zero-order chi connectivity index (χ0) is 21.4. The number of ether oxygens (including phenoxy) is 2. The molecule has 158 valence electrons. The lowest BCUT2D eigenvalue weighted by molar-refractivity contribution is 0.0499. The normalized spacial score (nSPS) is 18.6. The minimum absolute atomic E-state index is 0.0106. The molecule has 2 aromatic rings. The van der Waals surface area contributed by atoms with E-state index in [1.54, 1.807) is 18.2 Å². The van der Waals surface area contributed by atoms with Crippen LogP contribution in [0.15, 0.2) is 30.8 Å². The van der Waals surface area contributed by atoms with Crippen molar-refractivity contribution >= 4 is 12.2 Å². The number of hydrogen-bond acceptors (Lipinski definition) is 4. The molecule has 30 heavy (non-hydrogen) atoms. The van der Waals surface area contributed by atoms with Crippen LogP contribution in [0.2, 0.25) is 0 Å². The molecule has 0 aliphatic carbocycles. The van der Waals surface area contributed by atoms with Gasteiger partial charge >= 0.3 is 6.09 Å². The van der Waals surface area contributed by atoms with E-state index in [9.17, 15) is 9.90 Å². The minimum atomic E-state index is -0.996. The first-order chi connectivity index (χ1) is 14.4. The van der Waals surface area contributed by atoms with Crippen molar-refractivity contribution in [1.29, 1.82) is 0 Å². The first-order valence-electron chi connectivity index (χ1n) is 9.60. The minimum Gasteiger partial charge on any atom is -0.496 e. The fourth-order valence-electron chi connectivity index (χ4n) is 4.14. The van der Waals surface area contributed by atoms with Gasteiger partial charge in [0.25, 0.3) is 0 Å². The predicted molar refractivity (Wildman–Crippen MR) is 108 cm³/mol. The van der Waals surface area contributed by atoms with Crippen LogP contribution >= 0.6 is 0 Å². The van der Waals surface area contributed by atoms with Crippen molar-refractivity contribution in [3.8, 4) is 22.6 Å². The lowest BCUT2D eigenvalue weighted by Gasteiger charge is -2.38. The van der Waals surface area contributed by atoms with Crippen LogP contribution in [-0.2, 0) is 6.54 Å². The maximum Gasteiger partial charge on any atom is 0.407 e. The van der Waals surface area contributed by atoms with E-state index >= 15 is 8.78 Å². The molecule has 1 fully saturated rings. The smallest absolute Gasteiger partial charge is 0.407 e. The average molecular weight is 416 g/mol. The van der Waals surface area contributed by atoms with E-state index in [1.165, 1.54) is 24.2 Å². The van der Waals surface area contributed by atoms with Gasteiger partial charge in [-0.1, -0.05) is 24.8 Å². The van der Waals surface area contributed by atoms with Crippen molar-refractivity contribution in [1.82, 2.24) is 9.80 Å². The Bertz CT molecular complexity index is 1010. The van der Waals surface area contributed by atoms with E-state index in [0.717, 1.165) is 0 Å². The van der Waals surface area contributed by atoms with Gasteiger partial charge in [0.05, 0.1) is 18.7 Å². The van der Waals surface area contributed by atoms with Crippen LogP contribution in [-0.4, -0.2) is 60.4 Å². The second kappa shape index (κ2) is 7.95. The summed E-state index contributed by atoms with van der Waals surface area (Å²) in [6.45, 7) is 5.19. The van der Waals surface area contributed by atoms with Crippen molar-refractivity contribution < 1.29 is 28.2 Å². The van der Waals surface area contributed by atoms with Gasteiger partial charge in [-0.25, -0.2) is 13.6 Å². The summed E-state index contributed by atoms with van der Waals surface area (Å²) in [5.74, 6) is -1.20. The third-order valence-electron chi connectivity index (χ3n) is 5.67. The summed E-state index contributed by atoms with van der Waals surface area (Å²) in [7, 11) is 1.44. The molecule has 6 nitrogen and oxygen atoms in total. The molecule has 2 aliphatic rings. The van der Waals surface area contributed by atoms with Crippen LogP contribution in [0.4, 0.5) is 13.6 Å². The molecule has 1 amide bonds. The van der Waals surface area contributed by atoms with Crippen LogP contribution in [0.25, 0.3) is 17.2 Å². The summed E-state index contributed by atoms with van der Waals surface area (Å²) < 4.78 is 41.9. The van der Waals surface area contributed by atoms with E-state index in [4.69, 9.17) is 9.47 Å². The van der Waals surface area contributed by atoms with E-state index in [-0.39, 0.29) is 42.6 Å². The Balaban J connectivity index is 1.77. The summed E-state index contributed by atoms with van der Waals surface area (Å²) in [5, 5.41) is 9.25. The van der Waals surface area contributed by atoms with Crippen LogP contribution in [0.5, 0.6) is 11.5 Å². The van der Waals surface area contributed by atoms with Gasteiger partial charge in [0, 0.05) is 37.3 Å². The number of benzene rings is 2. The van der Waals surface area contributed by atoms with Gasteiger partial charge in [-0.05, 0) is 17.7 Å². The molecule has 1 N–H and O–H groups in total. The zero-order valence-electron chi connectivity index (χ0n) is 16.5. The van der Waals surface area contributed by atoms with Crippen molar-refractivity contribution in [2.24, 2.45) is 0 Å². The molecular formula is C22H22F2N2O4.